The third-order valence-electron chi connectivity index (χ3n) is 2.87. The molecule has 0 unspecified atom stereocenters. The summed E-state index contributed by atoms with van der Waals surface area (Å²) in [7, 11) is -5.56. The molecule has 2 aromatic rings. The fraction of sp³-hybridized carbons (Fsp3) is 0.182. The summed E-state index contributed by atoms with van der Waals surface area (Å²) in [5.41, 5.74) is -2.92. The summed E-state index contributed by atoms with van der Waals surface area (Å²) in [6, 6.07) is 0.299. The number of hydrogen-bond donors (Lipinski definition) is 1. The Morgan fingerprint density at radius 1 is 1.04 bits per heavy atom. The van der Waals surface area contributed by atoms with Gasteiger partial charge in [0.25, 0.3) is 9.84 Å². The van der Waals surface area contributed by atoms with Crippen molar-refractivity contribution in [3.8, 4) is 0 Å². The molecule has 0 aliphatic heterocycles. The first-order valence-electron chi connectivity index (χ1n) is 5.79. The highest BCUT2D eigenvalue weighted by Crippen LogP contribution is 2.47. The number of imidazole rings is 1. The predicted octanol–water partition coefficient (Wildman–Crippen LogP) is 5.67. The molecule has 1 aromatic carbocycles. The molecule has 14 heteroatoms. The van der Waals surface area contributed by atoms with Gasteiger partial charge < -0.3 is 4.98 Å². The largest absolute Gasteiger partial charge is 0.416 e. The molecular formula is C11H3BrCl3F5N2O2S. The molecule has 0 amide bonds. The van der Waals surface area contributed by atoms with Gasteiger partial charge in [-0.3, -0.25) is 0 Å². The van der Waals surface area contributed by atoms with Crippen molar-refractivity contribution >= 4 is 60.6 Å². The molecule has 0 fully saturated rings. The molecule has 0 aliphatic rings. The van der Waals surface area contributed by atoms with Crippen LogP contribution in [0, 0.1) is 0 Å². The standard InChI is InChI=1S/C11H3BrCl3F5N2O2S/c12-9-21-7(15)8(22-9)25(23,24)11(19,20)6-4(13)1-3(2-5(6)14)10(16,17)18/h1-2H,(H,21,22). The molecule has 25 heavy (non-hydrogen) atoms. The molecule has 1 N–H and O–H groups in total. The van der Waals surface area contributed by atoms with Crippen LogP contribution in [-0.4, -0.2) is 18.4 Å². The Morgan fingerprint density at radius 2 is 1.52 bits per heavy atom. The molecule has 0 bridgehead atoms. The highest BCUT2D eigenvalue weighted by molar-refractivity contribution is 9.10. The van der Waals surface area contributed by atoms with E-state index in [-0.39, 0.29) is 16.9 Å². The van der Waals surface area contributed by atoms with Crippen LogP contribution >= 0.6 is 50.7 Å². The molecule has 0 radical (unpaired) electrons. The Kier molecular flexibility index (Phi) is 5.40. The highest BCUT2D eigenvalue weighted by atomic mass is 79.9. The van der Waals surface area contributed by atoms with Crippen LogP contribution in [0.3, 0.4) is 0 Å². The number of nitrogens with zero attached hydrogens (tertiary/aromatic N) is 1. The van der Waals surface area contributed by atoms with Crippen LogP contribution in [0.2, 0.25) is 15.2 Å². The molecule has 0 saturated heterocycles. The number of H-pyrrole nitrogens is 1. The van der Waals surface area contributed by atoms with Gasteiger partial charge in [-0.2, -0.15) is 22.0 Å². The minimum atomic E-state index is -5.56. The molecule has 4 nitrogen and oxygen atoms in total. The number of aromatic nitrogens is 2. The maximum atomic E-state index is 14.6. The maximum absolute atomic E-state index is 14.6. The van der Waals surface area contributed by atoms with Crippen LogP contribution in [0.15, 0.2) is 21.9 Å². The molecule has 0 atom stereocenters. The predicted molar refractivity (Wildman–Crippen MR) is 83.8 cm³/mol. The van der Waals surface area contributed by atoms with Crippen LogP contribution in [0.5, 0.6) is 0 Å². The summed E-state index contributed by atoms with van der Waals surface area (Å²) in [6.45, 7) is 0. The first-order valence-corrected chi connectivity index (χ1v) is 9.20. The van der Waals surface area contributed by atoms with E-state index in [4.69, 9.17) is 34.8 Å². The van der Waals surface area contributed by atoms with Gasteiger partial charge in [-0.05, 0) is 28.1 Å². The van der Waals surface area contributed by atoms with E-state index in [1.54, 1.807) is 0 Å². The molecule has 0 spiro atoms. The van der Waals surface area contributed by atoms with Crippen LogP contribution in [-0.2, 0) is 21.3 Å². The zero-order valence-electron chi connectivity index (χ0n) is 11.2. The van der Waals surface area contributed by atoms with Gasteiger partial charge in [-0.25, -0.2) is 13.4 Å². The lowest BCUT2D eigenvalue weighted by atomic mass is 10.1. The Labute approximate surface area is 160 Å². The second-order valence-electron chi connectivity index (χ2n) is 4.48. The van der Waals surface area contributed by atoms with Crippen molar-refractivity contribution in [2.75, 3.05) is 0 Å². The zero-order chi connectivity index (χ0) is 19.4. The summed E-state index contributed by atoms with van der Waals surface area (Å²) >= 11 is 19.1. The first kappa shape index (κ1) is 20.7. The van der Waals surface area contributed by atoms with Crippen molar-refractivity contribution in [3.05, 3.63) is 43.2 Å². The summed E-state index contributed by atoms with van der Waals surface area (Å²) in [6.07, 6.45) is -4.92. The monoisotopic (exact) mass is 506 g/mol. The lowest BCUT2D eigenvalue weighted by Gasteiger charge is -2.20. The molecule has 1 aromatic heterocycles. The molecule has 0 aliphatic carbocycles. The van der Waals surface area contributed by atoms with E-state index < -0.39 is 52.6 Å². The Balaban J connectivity index is 2.70. The van der Waals surface area contributed by atoms with Gasteiger partial charge in [0, 0.05) is 0 Å². The van der Waals surface area contributed by atoms with Crippen molar-refractivity contribution in [2.24, 2.45) is 0 Å². The molecule has 2 rings (SSSR count). The first-order chi connectivity index (χ1) is 11.2. The van der Waals surface area contributed by atoms with Gasteiger partial charge in [0.15, 0.2) is 14.9 Å². The van der Waals surface area contributed by atoms with Gasteiger partial charge in [-0.1, -0.05) is 34.8 Å². The molecular weight excluding hydrogens is 505 g/mol. The number of halogens is 9. The van der Waals surface area contributed by atoms with E-state index in [0.717, 1.165) is 0 Å². The van der Waals surface area contributed by atoms with Crippen LogP contribution in [0.4, 0.5) is 22.0 Å². The maximum Gasteiger partial charge on any atom is 0.416 e. The molecule has 1 heterocycles. The zero-order valence-corrected chi connectivity index (χ0v) is 15.9. The lowest BCUT2D eigenvalue weighted by molar-refractivity contribution is -0.137. The Morgan fingerprint density at radius 3 is 1.88 bits per heavy atom. The second-order valence-corrected chi connectivity index (χ2v) is 8.33. The van der Waals surface area contributed by atoms with Gasteiger partial charge in [0.05, 0.1) is 21.2 Å². The van der Waals surface area contributed by atoms with E-state index >= 15 is 0 Å². The number of nitrogens with one attached hydrogen (secondary N) is 1. The summed E-state index contributed by atoms with van der Waals surface area (Å²) < 4.78 is 91.4. The Hall–Kier alpha value is -0.620. The smallest absolute Gasteiger partial charge is 0.322 e. The third kappa shape index (κ3) is 3.61. The molecule has 0 saturated carbocycles. The minimum Gasteiger partial charge on any atom is -0.322 e. The van der Waals surface area contributed by atoms with E-state index in [1.165, 1.54) is 0 Å². The fourth-order valence-corrected chi connectivity index (χ4v) is 4.89. The topological polar surface area (TPSA) is 62.8 Å². The van der Waals surface area contributed by atoms with Crippen molar-refractivity contribution in [1.82, 2.24) is 9.97 Å². The number of sulfone groups is 1. The highest BCUT2D eigenvalue weighted by Gasteiger charge is 2.53. The van der Waals surface area contributed by atoms with Crippen molar-refractivity contribution < 1.29 is 30.4 Å². The lowest BCUT2D eigenvalue weighted by Crippen LogP contribution is -2.28. The third-order valence-corrected chi connectivity index (χ3v) is 5.94. The van der Waals surface area contributed by atoms with E-state index in [2.05, 4.69) is 20.9 Å². The molecule has 138 valence electrons. The summed E-state index contributed by atoms with van der Waals surface area (Å²) in [5, 5.41) is -9.10. The Bertz CT molecular complexity index is 923. The fourth-order valence-electron chi connectivity index (χ4n) is 1.77. The van der Waals surface area contributed by atoms with Crippen LogP contribution in [0.25, 0.3) is 0 Å². The van der Waals surface area contributed by atoms with Gasteiger partial charge in [0.2, 0.25) is 0 Å². The van der Waals surface area contributed by atoms with Gasteiger partial charge in [-0.15, -0.1) is 0 Å². The summed E-state index contributed by atoms with van der Waals surface area (Å²) in [4.78, 5) is 5.35. The number of aromatic amines is 1. The van der Waals surface area contributed by atoms with Crippen molar-refractivity contribution in [3.63, 3.8) is 0 Å². The normalized spacial score (nSPS) is 13.3. The van der Waals surface area contributed by atoms with Crippen molar-refractivity contribution in [1.29, 1.82) is 0 Å². The van der Waals surface area contributed by atoms with E-state index in [1.807, 2.05) is 4.98 Å². The average molecular weight is 508 g/mol. The number of hydrogen-bond acceptors (Lipinski definition) is 3. The minimum absolute atomic E-state index is 0.149. The SMILES string of the molecule is O=S(=O)(c1[nH]c(Br)nc1Cl)C(F)(F)c1c(Cl)cc(C(F)(F)F)cc1Cl. The van der Waals surface area contributed by atoms with Crippen molar-refractivity contribution in [2.45, 2.75) is 16.5 Å². The van der Waals surface area contributed by atoms with Gasteiger partial charge in [0.1, 0.15) is 0 Å². The van der Waals surface area contributed by atoms with Gasteiger partial charge >= 0.3 is 11.4 Å². The van der Waals surface area contributed by atoms with E-state index in [9.17, 15) is 30.4 Å². The average Bonchev–Trinajstić information content (AvgIpc) is 2.75. The number of benzene rings is 1. The van der Waals surface area contributed by atoms with Crippen LogP contribution in [0.1, 0.15) is 11.1 Å². The second kappa shape index (κ2) is 6.52. The quantitative estimate of drug-likeness (QED) is 0.543. The summed E-state index contributed by atoms with van der Waals surface area (Å²) in [5.74, 6) is 0. The van der Waals surface area contributed by atoms with E-state index in [0.29, 0.717) is 0 Å². The number of alkyl halides is 5. The number of rotatable bonds is 3. The van der Waals surface area contributed by atoms with Crippen LogP contribution < -0.4 is 0 Å².